The Hall–Kier alpha value is -3.56. The molecule has 2 N–H and O–H groups in total. The Labute approximate surface area is 216 Å². The van der Waals surface area contributed by atoms with E-state index in [2.05, 4.69) is 16.3 Å². The van der Waals surface area contributed by atoms with Gasteiger partial charge in [-0.1, -0.05) is 23.1 Å². The maximum absolute atomic E-state index is 13.3. The summed E-state index contributed by atoms with van der Waals surface area (Å²) in [7, 11) is 3.08. The Morgan fingerprint density at radius 3 is 2.81 bits per heavy atom. The third kappa shape index (κ3) is 4.76. The predicted molar refractivity (Wildman–Crippen MR) is 135 cm³/mol. The summed E-state index contributed by atoms with van der Waals surface area (Å²) in [5.74, 6) is 0.264. The van der Waals surface area contributed by atoms with E-state index in [-0.39, 0.29) is 28.9 Å². The fourth-order valence-electron chi connectivity index (χ4n) is 4.36. The number of nitriles is 1. The molecular weight excluding hydrogens is 502 g/mol. The number of hydrogen-bond donors (Lipinski definition) is 1. The van der Waals surface area contributed by atoms with Crippen molar-refractivity contribution in [3.05, 3.63) is 46.4 Å². The lowest BCUT2D eigenvalue weighted by Crippen LogP contribution is -2.38. The molecule has 0 saturated carbocycles. The van der Waals surface area contributed by atoms with Crippen LogP contribution in [-0.4, -0.2) is 48.5 Å². The maximum atomic E-state index is 13.3. The quantitative estimate of drug-likeness (QED) is 0.398. The van der Waals surface area contributed by atoms with E-state index < -0.39 is 5.92 Å². The molecule has 10 nitrogen and oxygen atoms in total. The number of Topliss-reactive ketones (excluding diaryl/α,β-unsaturated/α-hetero) is 1. The lowest BCUT2D eigenvalue weighted by Gasteiger charge is -2.38. The number of carbonyl (C=O) groups excluding carboxylic acids is 2. The molecule has 2 heterocycles. The van der Waals surface area contributed by atoms with Gasteiger partial charge in [0.25, 0.3) is 0 Å². The zero-order valence-corrected chi connectivity index (χ0v) is 21.7. The summed E-state index contributed by atoms with van der Waals surface area (Å²) in [6.07, 6.45) is 1.59. The van der Waals surface area contributed by atoms with Crippen LogP contribution in [0.25, 0.3) is 0 Å². The van der Waals surface area contributed by atoms with Gasteiger partial charge >= 0.3 is 5.97 Å². The van der Waals surface area contributed by atoms with Gasteiger partial charge in [-0.15, -0.1) is 10.2 Å². The maximum Gasteiger partial charge on any atom is 0.316 e. The number of aromatic nitrogens is 2. The molecule has 0 bridgehead atoms. The lowest BCUT2D eigenvalue weighted by molar-refractivity contribution is -0.139. The number of methoxy groups -OCH3 is 2. The molecule has 1 aromatic carbocycles. The van der Waals surface area contributed by atoms with Crippen LogP contribution in [0, 0.1) is 11.3 Å². The third-order valence-electron chi connectivity index (χ3n) is 5.87. The minimum atomic E-state index is -0.704. The van der Waals surface area contributed by atoms with Crippen molar-refractivity contribution in [2.45, 2.75) is 36.4 Å². The summed E-state index contributed by atoms with van der Waals surface area (Å²) in [6.45, 7) is 2.05. The monoisotopic (exact) mass is 527 g/mol. The first-order valence-corrected chi connectivity index (χ1v) is 13.0. The molecule has 1 aliphatic heterocycles. The van der Waals surface area contributed by atoms with E-state index in [9.17, 15) is 14.9 Å². The summed E-state index contributed by atoms with van der Waals surface area (Å²) in [5, 5.41) is 19.1. The molecule has 1 aliphatic carbocycles. The Bertz CT molecular complexity index is 1300. The first-order valence-electron chi connectivity index (χ1n) is 11.2. The van der Waals surface area contributed by atoms with Crippen LogP contribution in [-0.2, 0) is 14.3 Å². The van der Waals surface area contributed by atoms with Crippen LogP contribution in [0.5, 0.6) is 11.5 Å². The number of hydrogen-bond acceptors (Lipinski definition) is 12. The normalized spacial score (nSPS) is 17.6. The number of esters is 1. The van der Waals surface area contributed by atoms with Gasteiger partial charge in [0, 0.05) is 23.3 Å². The summed E-state index contributed by atoms with van der Waals surface area (Å²) < 4.78 is 16.5. The molecule has 1 unspecified atom stereocenters. The standard InChI is InChI=1S/C24H25N5O5S2/c1-4-34-19(31)12-35-24-28-27-23(36-24)29-16-6-5-7-17(30)21(16)20(15(11-25)22(29)26)14-10-13(32-2)8-9-18(14)33-3/h8-10,20H,4-7,12,26H2,1-3H3. The van der Waals surface area contributed by atoms with Crippen molar-refractivity contribution < 1.29 is 23.8 Å². The Kier molecular flexibility index (Phi) is 7.81. The summed E-state index contributed by atoms with van der Waals surface area (Å²) in [4.78, 5) is 26.7. The van der Waals surface area contributed by atoms with Gasteiger partial charge in [0.05, 0.1) is 44.1 Å². The molecule has 4 rings (SSSR count). The van der Waals surface area contributed by atoms with E-state index >= 15 is 0 Å². The van der Waals surface area contributed by atoms with Crippen LogP contribution in [0.3, 0.4) is 0 Å². The fraction of sp³-hybridized carbons (Fsp3) is 0.375. The SMILES string of the molecule is CCOC(=O)CSc1nnc(N2C(N)=C(C#N)C(c3cc(OC)ccc3OC)C3=C2CCCC3=O)s1. The minimum Gasteiger partial charge on any atom is -0.497 e. The van der Waals surface area contributed by atoms with Crippen molar-refractivity contribution in [3.8, 4) is 17.6 Å². The highest BCUT2D eigenvalue weighted by Crippen LogP contribution is 2.49. The number of carbonyl (C=O) groups is 2. The van der Waals surface area contributed by atoms with Gasteiger partial charge in [0.15, 0.2) is 10.1 Å². The number of anilines is 1. The number of benzene rings is 1. The van der Waals surface area contributed by atoms with Crippen molar-refractivity contribution in [1.29, 1.82) is 5.26 Å². The molecule has 0 radical (unpaired) electrons. The van der Waals surface area contributed by atoms with Crippen molar-refractivity contribution in [1.82, 2.24) is 10.2 Å². The van der Waals surface area contributed by atoms with Crippen LogP contribution in [0.1, 0.15) is 37.7 Å². The van der Waals surface area contributed by atoms with Crippen molar-refractivity contribution in [2.75, 3.05) is 31.5 Å². The summed E-state index contributed by atoms with van der Waals surface area (Å²) in [6, 6.07) is 7.50. The number of thioether (sulfide) groups is 1. The van der Waals surface area contributed by atoms with Crippen LogP contribution < -0.4 is 20.1 Å². The van der Waals surface area contributed by atoms with Crippen LogP contribution in [0.4, 0.5) is 5.13 Å². The van der Waals surface area contributed by atoms with E-state index in [1.165, 1.54) is 30.2 Å². The van der Waals surface area contributed by atoms with Gasteiger partial charge in [0.2, 0.25) is 5.13 Å². The molecule has 0 fully saturated rings. The van der Waals surface area contributed by atoms with Crippen LogP contribution in [0.15, 0.2) is 45.2 Å². The van der Waals surface area contributed by atoms with E-state index in [0.29, 0.717) is 63.7 Å². The highest BCUT2D eigenvalue weighted by atomic mass is 32.2. The van der Waals surface area contributed by atoms with Crippen molar-refractivity contribution in [2.24, 2.45) is 5.73 Å². The van der Waals surface area contributed by atoms with E-state index in [1.54, 1.807) is 37.1 Å². The number of nitrogens with two attached hydrogens (primary N) is 1. The summed E-state index contributed by atoms with van der Waals surface area (Å²) in [5.41, 5.74) is 8.63. The summed E-state index contributed by atoms with van der Waals surface area (Å²) >= 11 is 2.43. The number of ether oxygens (including phenoxy) is 3. The number of nitrogens with zero attached hydrogens (tertiary/aromatic N) is 4. The highest BCUT2D eigenvalue weighted by Gasteiger charge is 2.42. The molecule has 1 aromatic heterocycles. The fourth-order valence-corrected chi connectivity index (χ4v) is 6.03. The van der Waals surface area contributed by atoms with Gasteiger partial charge in [-0.3, -0.25) is 14.5 Å². The molecule has 0 amide bonds. The second-order valence-electron chi connectivity index (χ2n) is 7.87. The zero-order chi connectivity index (χ0) is 25.8. The first-order chi connectivity index (χ1) is 17.4. The molecule has 2 aromatic rings. The minimum absolute atomic E-state index is 0.0576. The number of rotatable bonds is 8. The number of ketones is 1. The van der Waals surface area contributed by atoms with Gasteiger partial charge in [-0.05, 0) is 38.0 Å². The van der Waals surface area contributed by atoms with Crippen LogP contribution >= 0.6 is 23.1 Å². The first kappa shape index (κ1) is 25.5. The smallest absolute Gasteiger partial charge is 0.316 e. The molecule has 0 spiro atoms. The van der Waals surface area contributed by atoms with Gasteiger partial charge in [0.1, 0.15) is 17.3 Å². The Morgan fingerprint density at radius 1 is 1.31 bits per heavy atom. The van der Waals surface area contributed by atoms with Crippen molar-refractivity contribution in [3.63, 3.8) is 0 Å². The topological polar surface area (TPSA) is 141 Å². The van der Waals surface area contributed by atoms with E-state index in [0.717, 1.165) is 0 Å². The van der Waals surface area contributed by atoms with Gasteiger partial charge in [-0.25, -0.2) is 0 Å². The molecule has 0 saturated heterocycles. The molecule has 2 aliphatic rings. The second-order valence-corrected chi connectivity index (χ2v) is 10.0. The van der Waals surface area contributed by atoms with Gasteiger partial charge < -0.3 is 19.9 Å². The zero-order valence-electron chi connectivity index (χ0n) is 20.1. The number of allylic oxidation sites excluding steroid dienone is 3. The van der Waals surface area contributed by atoms with Gasteiger partial charge in [-0.2, -0.15) is 5.26 Å². The molecular formula is C24H25N5O5S2. The van der Waals surface area contributed by atoms with E-state index in [1.807, 2.05) is 0 Å². The Morgan fingerprint density at radius 2 is 2.11 bits per heavy atom. The third-order valence-corrected chi connectivity index (χ3v) is 7.88. The Balaban J connectivity index is 1.81. The second kappa shape index (κ2) is 11.0. The average molecular weight is 528 g/mol. The molecule has 188 valence electrons. The predicted octanol–water partition coefficient (Wildman–Crippen LogP) is 3.52. The molecule has 36 heavy (non-hydrogen) atoms. The van der Waals surface area contributed by atoms with Crippen molar-refractivity contribution >= 4 is 40.0 Å². The van der Waals surface area contributed by atoms with Crippen LogP contribution in [0.2, 0.25) is 0 Å². The highest BCUT2D eigenvalue weighted by molar-refractivity contribution is 8.01. The van der Waals surface area contributed by atoms with E-state index in [4.69, 9.17) is 19.9 Å². The molecule has 12 heteroatoms. The largest absolute Gasteiger partial charge is 0.497 e. The average Bonchev–Trinajstić information content (AvgIpc) is 3.35. The molecule has 1 atom stereocenters. The lowest BCUT2D eigenvalue weighted by atomic mass is 9.75.